The molecule has 0 aromatic heterocycles. The zero-order chi connectivity index (χ0) is 14.7. The molecule has 0 saturated heterocycles. The van der Waals surface area contributed by atoms with Crippen LogP contribution in [0.2, 0.25) is 0 Å². The molecular formula is C16H16O4. The van der Waals surface area contributed by atoms with Gasteiger partial charge in [0.2, 0.25) is 0 Å². The van der Waals surface area contributed by atoms with E-state index in [0.717, 1.165) is 11.1 Å². The van der Waals surface area contributed by atoms with Crippen LogP contribution in [0, 0.1) is 6.92 Å². The molecule has 0 amide bonds. The van der Waals surface area contributed by atoms with Crippen molar-refractivity contribution in [2.24, 2.45) is 0 Å². The zero-order valence-electron chi connectivity index (χ0n) is 11.6. The number of aromatic carboxylic acids is 1. The Balaban J connectivity index is 2.68. The normalized spacial score (nSPS) is 10.2. The number of methoxy groups -OCH3 is 2. The number of aryl methyl sites for hydroxylation is 1. The lowest BCUT2D eigenvalue weighted by Crippen LogP contribution is -2.02. The summed E-state index contributed by atoms with van der Waals surface area (Å²) in [4.78, 5) is 11.5. The summed E-state index contributed by atoms with van der Waals surface area (Å²) < 4.78 is 10.4. The van der Waals surface area contributed by atoms with Gasteiger partial charge < -0.3 is 14.6 Å². The van der Waals surface area contributed by atoms with Crippen LogP contribution >= 0.6 is 0 Å². The molecule has 2 aromatic rings. The van der Waals surface area contributed by atoms with Crippen LogP contribution in [0.1, 0.15) is 15.9 Å². The first kappa shape index (κ1) is 13.9. The van der Waals surface area contributed by atoms with Crippen LogP contribution in [0.3, 0.4) is 0 Å². The summed E-state index contributed by atoms with van der Waals surface area (Å²) in [6.45, 7) is 1.78. The van der Waals surface area contributed by atoms with Crippen LogP contribution < -0.4 is 9.47 Å². The van der Waals surface area contributed by atoms with Gasteiger partial charge in [0.25, 0.3) is 0 Å². The highest BCUT2D eigenvalue weighted by molar-refractivity contribution is 5.97. The van der Waals surface area contributed by atoms with Gasteiger partial charge in [-0.2, -0.15) is 0 Å². The second-order valence-electron chi connectivity index (χ2n) is 4.40. The molecule has 0 aliphatic heterocycles. The van der Waals surface area contributed by atoms with Crippen LogP contribution in [0.15, 0.2) is 36.4 Å². The molecule has 1 N–H and O–H groups in total. The number of hydrogen-bond donors (Lipinski definition) is 1. The van der Waals surface area contributed by atoms with Crippen molar-refractivity contribution < 1.29 is 19.4 Å². The van der Waals surface area contributed by atoms with Crippen LogP contribution in [-0.4, -0.2) is 25.3 Å². The molecule has 0 unspecified atom stereocenters. The highest BCUT2D eigenvalue weighted by Crippen LogP contribution is 2.32. The number of carboxylic acids is 1. The van der Waals surface area contributed by atoms with E-state index in [1.807, 2.05) is 6.07 Å². The molecule has 4 heteroatoms. The lowest BCUT2D eigenvalue weighted by atomic mass is 9.95. The first-order valence-electron chi connectivity index (χ1n) is 6.13. The SMILES string of the molecule is COc1cc(OC)cc(-c2cccc(C)c2C(=O)O)c1. The van der Waals surface area contributed by atoms with E-state index in [1.54, 1.807) is 51.5 Å². The quantitative estimate of drug-likeness (QED) is 0.927. The van der Waals surface area contributed by atoms with Crippen molar-refractivity contribution in [1.29, 1.82) is 0 Å². The minimum absolute atomic E-state index is 0.294. The van der Waals surface area contributed by atoms with Gasteiger partial charge >= 0.3 is 5.97 Å². The second-order valence-corrected chi connectivity index (χ2v) is 4.40. The highest BCUT2D eigenvalue weighted by Gasteiger charge is 2.15. The van der Waals surface area contributed by atoms with Gasteiger partial charge in [-0.25, -0.2) is 4.79 Å². The zero-order valence-corrected chi connectivity index (χ0v) is 11.6. The molecule has 0 fully saturated rings. The lowest BCUT2D eigenvalue weighted by Gasteiger charge is -2.12. The van der Waals surface area contributed by atoms with E-state index in [9.17, 15) is 9.90 Å². The van der Waals surface area contributed by atoms with Gasteiger partial charge in [-0.05, 0) is 35.7 Å². The molecular weight excluding hydrogens is 256 g/mol. The molecule has 0 saturated carbocycles. The number of hydrogen-bond acceptors (Lipinski definition) is 3. The Kier molecular flexibility index (Phi) is 3.94. The summed E-state index contributed by atoms with van der Waals surface area (Å²) in [5, 5.41) is 9.40. The van der Waals surface area contributed by atoms with E-state index in [4.69, 9.17) is 9.47 Å². The summed E-state index contributed by atoms with van der Waals surface area (Å²) in [7, 11) is 3.12. The van der Waals surface area contributed by atoms with Crippen molar-refractivity contribution in [2.75, 3.05) is 14.2 Å². The Labute approximate surface area is 117 Å². The van der Waals surface area contributed by atoms with Crippen molar-refractivity contribution in [1.82, 2.24) is 0 Å². The van der Waals surface area contributed by atoms with Crippen molar-refractivity contribution in [2.45, 2.75) is 6.92 Å². The fraction of sp³-hybridized carbons (Fsp3) is 0.188. The maximum absolute atomic E-state index is 11.5. The molecule has 0 radical (unpaired) electrons. The van der Waals surface area contributed by atoms with E-state index < -0.39 is 5.97 Å². The molecule has 20 heavy (non-hydrogen) atoms. The van der Waals surface area contributed by atoms with Gasteiger partial charge in [0, 0.05) is 6.07 Å². The Morgan fingerprint density at radius 3 is 2.15 bits per heavy atom. The van der Waals surface area contributed by atoms with Crippen molar-refractivity contribution in [3.63, 3.8) is 0 Å². The van der Waals surface area contributed by atoms with Gasteiger partial charge in [0.1, 0.15) is 11.5 Å². The van der Waals surface area contributed by atoms with E-state index >= 15 is 0 Å². The first-order valence-corrected chi connectivity index (χ1v) is 6.13. The van der Waals surface area contributed by atoms with Gasteiger partial charge in [0.15, 0.2) is 0 Å². The third-order valence-electron chi connectivity index (χ3n) is 3.15. The molecule has 0 aliphatic rings. The van der Waals surface area contributed by atoms with Crippen molar-refractivity contribution in [3.05, 3.63) is 47.5 Å². The highest BCUT2D eigenvalue weighted by atomic mass is 16.5. The third kappa shape index (κ3) is 2.59. The van der Waals surface area contributed by atoms with E-state index in [1.165, 1.54) is 0 Å². The van der Waals surface area contributed by atoms with Crippen LogP contribution in [0.4, 0.5) is 0 Å². The summed E-state index contributed by atoms with van der Waals surface area (Å²) >= 11 is 0. The topological polar surface area (TPSA) is 55.8 Å². The van der Waals surface area contributed by atoms with Crippen molar-refractivity contribution >= 4 is 5.97 Å². The number of benzene rings is 2. The maximum atomic E-state index is 11.5. The summed E-state index contributed by atoms with van der Waals surface area (Å²) in [6.07, 6.45) is 0. The third-order valence-corrected chi connectivity index (χ3v) is 3.15. The number of carboxylic acid groups (broad SMARTS) is 1. The standard InChI is InChI=1S/C16H16O4/c1-10-5-4-6-14(15(10)16(17)18)11-7-12(19-2)9-13(8-11)20-3/h4-9H,1-3H3,(H,17,18). The number of rotatable bonds is 4. The Bertz CT molecular complexity index is 625. The van der Waals surface area contributed by atoms with E-state index in [0.29, 0.717) is 22.6 Å². The Morgan fingerprint density at radius 1 is 1.05 bits per heavy atom. The molecule has 0 atom stereocenters. The van der Waals surface area contributed by atoms with Crippen LogP contribution in [0.5, 0.6) is 11.5 Å². The first-order chi connectivity index (χ1) is 9.56. The van der Waals surface area contributed by atoms with Gasteiger partial charge in [-0.1, -0.05) is 18.2 Å². The smallest absolute Gasteiger partial charge is 0.336 e. The fourth-order valence-corrected chi connectivity index (χ4v) is 2.16. The average molecular weight is 272 g/mol. The maximum Gasteiger partial charge on any atom is 0.336 e. The van der Waals surface area contributed by atoms with Crippen LogP contribution in [-0.2, 0) is 0 Å². The average Bonchev–Trinajstić information content (AvgIpc) is 2.45. The predicted octanol–water partition coefficient (Wildman–Crippen LogP) is 3.38. The summed E-state index contributed by atoms with van der Waals surface area (Å²) in [5.74, 6) is 0.300. The van der Waals surface area contributed by atoms with Crippen molar-refractivity contribution in [3.8, 4) is 22.6 Å². The summed E-state index contributed by atoms with van der Waals surface area (Å²) in [5.41, 5.74) is 2.41. The Hall–Kier alpha value is -2.49. The molecule has 2 aromatic carbocycles. The minimum Gasteiger partial charge on any atom is -0.497 e. The fourth-order valence-electron chi connectivity index (χ4n) is 2.16. The second kappa shape index (κ2) is 5.65. The molecule has 4 nitrogen and oxygen atoms in total. The molecule has 0 spiro atoms. The molecule has 104 valence electrons. The van der Waals surface area contributed by atoms with E-state index in [2.05, 4.69) is 0 Å². The minimum atomic E-state index is -0.945. The number of carbonyl (C=O) groups is 1. The van der Waals surface area contributed by atoms with E-state index in [-0.39, 0.29) is 0 Å². The Morgan fingerprint density at radius 2 is 1.65 bits per heavy atom. The molecule has 0 heterocycles. The molecule has 2 rings (SSSR count). The largest absolute Gasteiger partial charge is 0.497 e. The lowest BCUT2D eigenvalue weighted by molar-refractivity contribution is 0.0697. The summed E-state index contributed by atoms with van der Waals surface area (Å²) in [6, 6.07) is 10.7. The number of ether oxygens (including phenoxy) is 2. The van der Waals surface area contributed by atoms with Crippen LogP contribution in [0.25, 0.3) is 11.1 Å². The van der Waals surface area contributed by atoms with Gasteiger partial charge in [0.05, 0.1) is 19.8 Å². The predicted molar refractivity (Wildman–Crippen MR) is 76.7 cm³/mol. The van der Waals surface area contributed by atoms with Gasteiger partial charge in [-0.3, -0.25) is 0 Å². The van der Waals surface area contributed by atoms with Gasteiger partial charge in [-0.15, -0.1) is 0 Å². The molecule has 0 aliphatic carbocycles. The molecule has 0 bridgehead atoms. The monoisotopic (exact) mass is 272 g/mol.